The van der Waals surface area contributed by atoms with Gasteiger partial charge in [-0.2, -0.15) is 18.2 Å². The molecule has 1 amide bonds. The van der Waals surface area contributed by atoms with E-state index in [2.05, 4.69) is 49.9 Å². The van der Waals surface area contributed by atoms with Gasteiger partial charge in [0.1, 0.15) is 0 Å². The van der Waals surface area contributed by atoms with E-state index in [1.54, 1.807) is 16.7 Å². The van der Waals surface area contributed by atoms with Gasteiger partial charge in [0.2, 0.25) is 5.88 Å². The lowest BCUT2D eigenvalue weighted by atomic mass is 10.0. The van der Waals surface area contributed by atoms with Crippen LogP contribution in [0.4, 0.5) is 13.2 Å². The second kappa shape index (κ2) is 15.8. The van der Waals surface area contributed by atoms with Crippen molar-refractivity contribution in [1.29, 1.82) is 0 Å². The Hall–Kier alpha value is -3.89. The van der Waals surface area contributed by atoms with Crippen molar-refractivity contribution in [2.75, 3.05) is 32.8 Å². The SMILES string of the molecule is CCN(CC)CCN(Cc1ccc(-c2ccc(C(F)(F)F)cc2)cc1)C(=O)COc1nc(SCc2ccc(C)cc2)nc2c1CCC2. The molecule has 0 radical (unpaired) electrons. The Labute approximate surface area is 279 Å². The first kappa shape index (κ1) is 34.4. The first-order chi connectivity index (χ1) is 22.6. The van der Waals surface area contributed by atoms with Crippen LogP contribution in [0.25, 0.3) is 11.1 Å². The number of hydrogen-bond donors (Lipinski definition) is 0. The minimum Gasteiger partial charge on any atom is -0.467 e. The third kappa shape index (κ3) is 9.35. The molecule has 3 aromatic carbocycles. The lowest BCUT2D eigenvalue weighted by Crippen LogP contribution is -2.40. The Bertz CT molecular complexity index is 1620. The van der Waals surface area contributed by atoms with Crippen LogP contribution in [0.5, 0.6) is 5.88 Å². The van der Waals surface area contributed by atoms with Gasteiger partial charge in [0.25, 0.3) is 5.91 Å². The van der Waals surface area contributed by atoms with Gasteiger partial charge in [0.05, 0.1) is 11.3 Å². The zero-order chi connectivity index (χ0) is 33.4. The average molecular weight is 663 g/mol. The van der Waals surface area contributed by atoms with E-state index in [4.69, 9.17) is 14.7 Å². The van der Waals surface area contributed by atoms with Crippen molar-refractivity contribution in [2.24, 2.45) is 0 Å². The van der Waals surface area contributed by atoms with Crippen molar-refractivity contribution in [2.45, 2.75) is 63.7 Å². The summed E-state index contributed by atoms with van der Waals surface area (Å²) in [6, 6.07) is 21.1. The van der Waals surface area contributed by atoms with E-state index >= 15 is 0 Å². The van der Waals surface area contributed by atoms with Gasteiger partial charge < -0.3 is 14.5 Å². The van der Waals surface area contributed by atoms with E-state index < -0.39 is 11.7 Å². The van der Waals surface area contributed by atoms with E-state index in [9.17, 15) is 18.0 Å². The molecule has 0 bridgehead atoms. The first-order valence-corrected chi connectivity index (χ1v) is 17.1. The molecule has 4 aromatic rings. The molecule has 248 valence electrons. The van der Waals surface area contributed by atoms with Crippen molar-refractivity contribution in [3.05, 3.63) is 106 Å². The van der Waals surface area contributed by atoms with Gasteiger partial charge in [0.15, 0.2) is 11.8 Å². The molecular formula is C37H41F3N4O2S. The second-order valence-corrected chi connectivity index (χ2v) is 12.7. The fourth-order valence-corrected chi connectivity index (χ4v) is 6.39. The average Bonchev–Trinajstić information content (AvgIpc) is 3.56. The van der Waals surface area contributed by atoms with Gasteiger partial charge >= 0.3 is 6.18 Å². The van der Waals surface area contributed by atoms with Crippen LogP contribution in [0.15, 0.2) is 78.0 Å². The molecule has 6 nitrogen and oxygen atoms in total. The largest absolute Gasteiger partial charge is 0.467 e. The molecule has 47 heavy (non-hydrogen) atoms. The number of carbonyl (C=O) groups excluding carboxylic acids is 1. The third-order valence-corrected chi connectivity index (χ3v) is 9.42. The monoisotopic (exact) mass is 662 g/mol. The summed E-state index contributed by atoms with van der Waals surface area (Å²) in [5.74, 6) is 1.11. The number of aryl methyl sites for hydroxylation is 2. The number of aromatic nitrogens is 2. The van der Waals surface area contributed by atoms with Crippen LogP contribution in [0, 0.1) is 6.92 Å². The quantitative estimate of drug-likeness (QED) is 0.101. The Kier molecular flexibility index (Phi) is 11.6. The first-order valence-electron chi connectivity index (χ1n) is 16.1. The number of thioether (sulfide) groups is 1. The predicted molar refractivity (Wildman–Crippen MR) is 180 cm³/mol. The standard InChI is InChI=1S/C37H41F3N4O2S/c1-4-43(5-2)21-22-44(23-27-13-15-29(16-14-27)30-17-19-31(20-18-30)37(38,39)40)34(45)24-46-35-32-7-6-8-33(32)41-36(42-35)47-25-28-11-9-26(3)10-12-28/h9-20H,4-8,21-25H2,1-3H3. The molecule has 10 heteroatoms. The molecule has 1 aliphatic carbocycles. The molecule has 0 unspecified atom stereocenters. The lowest BCUT2D eigenvalue weighted by Gasteiger charge is -2.27. The summed E-state index contributed by atoms with van der Waals surface area (Å²) in [4.78, 5) is 27.3. The van der Waals surface area contributed by atoms with Crippen LogP contribution in [-0.2, 0) is 36.1 Å². The molecule has 0 spiro atoms. The van der Waals surface area contributed by atoms with Crippen LogP contribution in [-0.4, -0.2) is 58.5 Å². The zero-order valence-corrected chi connectivity index (χ0v) is 28.0. The molecule has 0 fully saturated rings. The summed E-state index contributed by atoms with van der Waals surface area (Å²) in [5, 5.41) is 0.653. The van der Waals surface area contributed by atoms with Crippen LogP contribution in [0.2, 0.25) is 0 Å². The molecule has 0 saturated heterocycles. The van der Waals surface area contributed by atoms with Gasteiger partial charge in [-0.3, -0.25) is 4.79 Å². The van der Waals surface area contributed by atoms with Gasteiger partial charge in [0, 0.05) is 31.0 Å². The fourth-order valence-electron chi connectivity index (χ4n) is 5.58. The summed E-state index contributed by atoms with van der Waals surface area (Å²) >= 11 is 1.57. The van der Waals surface area contributed by atoms with E-state index in [-0.39, 0.29) is 12.5 Å². The Morgan fingerprint density at radius 1 is 0.851 bits per heavy atom. The van der Waals surface area contributed by atoms with Crippen LogP contribution >= 0.6 is 11.8 Å². The Balaban J connectivity index is 1.27. The maximum absolute atomic E-state index is 13.7. The predicted octanol–water partition coefficient (Wildman–Crippen LogP) is 8.00. The number of nitrogens with zero attached hydrogens (tertiary/aromatic N) is 4. The smallest absolute Gasteiger partial charge is 0.416 e. The molecule has 1 aliphatic rings. The Morgan fingerprint density at radius 2 is 1.49 bits per heavy atom. The number of alkyl halides is 3. The number of halogens is 3. The number of likely N-dealkylation sites (N-methyl/N-ethyl adjacent to an activating group) is 1. The van der Waals surface area contributed by atoms with Crippen LogP contribution < -0.4 is 4.74 Å². The zero-order valence-electron chi connectivity index (χ0n) is 27.1. The second-order valence-electron chi connectivity index (χ2n) is 11.8. The van der Waals surface area contributed by atoms with Crippen molar-refractivity contribution >= 4 is 17.7 Å². The van der Waals surface area contributed by atoms with Gasteiger partial charge in [-0.05, 0) is 73.7 Å². The molecular weight excluding hydrogens is 621 g/mol. The van der Waals surface area contributed by atoms with Gasteiger partial charge in [-0.25, -0.2) is 4.98 Å². The summed E-state index contributed by atoms with van der Waals surface area (Å²) in [7, 11) is 0. The normalized spacial score (nSPS) is 12.7. The maximum atomic E-state index is 13.7. The van der Waals surface area contributed by atoms with Crippen molar-refractivity contribution in [3.63, 3.8) is 0 Å². The number of benzene rings is 3. The fraction of sp³-hybridized carbons (Fsp3) is 0.378. The highest BCUT2D eigenvalue weighted by molar-refractivity contribution is 7.98. The molecule has 0 N–H and O–H groups in total. The maximum Gasteiger partial charge on any atom is 0.416 e. The summed E-state index contributed by atoms with van der Waals surface area (Å²) in [5.41, 5.74) is 6.15. The van der Waals surface area contributed by atoms with E-state index in [0.717, 1.165) is 79.2 Å². The van der Waals surface area contributed by atoms with E-state index in [0.29, 0.717) is 29.7 Å². The molecule has 0 atom stereocenters. The van der Waals surface area contributed by atoms with Gasteiger partial charge in [-0.1, -0.05) is 91.8 Å². The van der Waals surface area contributed by atoms with E-state index in [1.807, 2.05) is 24.3 Å². The molecule has 1 aromatic heterocycles. The van der Waals surface area contributed by atoms with Crippen LogP contribution in [0.1, 0.15) is 53.8 Å². The van der Waals surface area contributed by atoms with E-state index in [1.165, 1.54) is 23.3 Å². The van der Waals surface area contributed by atoms with Crippen molar-refractivity contribution in [3.8, 4) is 17.0 Å². The van der Waals surface area contributed by atoms with Crippen molar-refractivity contribution in [1.82, 2.24) is 19.8 Å². The van der Waals surface area contributed by atoms with Crippen LogP contribution in [0.3, 0.4) is 0 Å². The highest BCUT2D eigenvalue weighted by atomic mass is 32.2. The minimum absolute atomic E-state index is 0.132. The molecule has 0 aliphatic heterocycles. The Morgan fingerprint density at radius 3 is 2.13 bits per heavy atom. The number of ether oxygens (including phenoxy) is 1. The molecule has 5 rings (SSSR count). The highest BCUT2D eigenvalue weighted by Gasteiger charge is 2.30. The lowest BCUT2D eigenvalue weighted by molar-refractivity contribution is -0.137. The van der Waals surface area contributed by atoms with Crippen molar-refractivity contribution < 1.29 is 22.7 Å². The van der Waals surface area contributed by atoms with Gasteiger partial charge in [-0.15, -0.1) is 0 Å². The third-order valence-electron chi connectivity index (χ3n) is 8.50. The molecule has 1 heterocycles. The topological polar surface area (TPSA) is 58.6 Å². The number of amides is 1. The number of hydrogen-bond acceptors (Lipinski definition) is 6. The minimum atomic E-state index is -4.37. The summed E-state index contributed by atoms with van der Waals surface area (Å²) in [6.07, 6.45) is -1.68. The summed E-state index contributed by atoms with van der Waals surface area (Å²) in [6.45, 7) is 9.54. The number of fused-ring (bicyclic) bond motifs is 1. The highest BCUT2D eigenvalue weighted by Crippen LogP contribution is 2.32. The molecule has 0 saturated carbocycles. The number of carbonyl (C=O) groups is 1. The number of rotatable bonds is 14. The summed E-state index contributed by atoms with van der Waals surface area (Å²) < 4.78 is 45.1.